The van der Waals surface area contributed by atoms with Crippen molar-refractivity contribution in [3.05, 3.63) is 35.6 Å². The first-order chi connectivity index (χ1) is 12.2. The van der Waals surface area contributed by atoms with Gasteiger partial charge in [-0.2, -0.15) is 0 Å². The SMILES string of the molecule is O=C(CN1CCC(Cc2ccc(F)cc2)CC1)NC(C1CC1)C1CC1. The molecule has 1 amide bonds. The fourth-order valence-electron chi connectivity index (χ4n) is 4.27. The third-order valence-electron chi connectivity index (χ3n) is 6.10. The van der Waals surface area contributed by atoms with Gasteiger partial charge in [0, 0.05) is 6.04 Å². The predicted octanol–water partition coefficient (Wildman–Crippen LogP) is 3.39. The normalized spacial score (nSPS) is 22.3. The Morgan fingerprint density at radius 3 is 2.20 bits per heavy atom. The Balaban J connectivity index is 1.19. The summed E-state index contributed by atoms with van der Waals surface area (Å²) >= 11 is 0. The molecule has 1 aliphatic heterocycles. The van der Waals surface area contributed by atoms with E-state index in [1.807, 2.05) is 12.1 Å². The van der Waals surface area contributed by atoms with Gasteiger partial charge in [-0.15, -0.1) is 0 Å². The molecule has 3 fully saturated rings. The number of amides is 1. The molecule has 3 nitrogen and oxygen atoms in total. The largest absolute Gasteiger partial charge is 0.352 e. The van der Waals surface area contributed by atoms with Crippen molar-refractivity contribution in [3.8, 4) is 0 Å². The van der Waals surface area contributed by atoms with Crippen molar-refractivity contribution in [2.75, 3.05) is 19.6 Å². The third kappa shape index (κ3) is 4.81. The van der Waals surface area contributed by atoms with Crippen LogP contribution in [-0.2, 0) is 11.2 Å². The van der Waals surface area contributed by atoms with Crippen LogP contribution in [0.25, 0.3) is 0 Å². The van der Waals surface area contributed by atoms with E-state index in [0.29, 0.717) is 18.5 Å². The summed E-state index contributed by atoms with van der Waals surface area (Å²) in [5.41, 5.74) is 1.22. The lowest BCUT2D eigenvalue weighted by atomic mass is 9.90. The van der Waals surface area contributed by atoms with Gasteiger partial charge in [-0.25, -0.2) is 4.39 Å². The molecule has 1 N–H and O–H groups in total. The summed E-state index contributed by atoms with van der Waals surface area (Å²) in [7, 11) is 0. The van der Waals surface area contributed by atoms with Gasteiger partial charge in [0.25, 0.3) is 0 Å². The van der Waals surface area contributed by atoms with Crippen molar-refractivity contribution in [2.45, 2.75) is 51.0 Å². The number of carbonyl (C=O) groups excluding carboxylic acids is 1. The molecule has 1 aromatic rings. The van der Waals surface area contributed by atoms with Crippen LogP contribution in [0.15, 0.2) is 24.3 Å². The minimum Gasteiger partial charge on any atom is -0.352 e. The zero-order chi connectivity index (χ0) is 17.2. The highest BCUT2D eigenvalue weighted by Gasteiger charge is 2.42. The van der Waals surface area contributed by atoms with E-state index in [2.05, 4.69) is 10.2 Å². The maximum atomic E-state index is 13.0. The number of nitrogens with one attached hydrogen (secondary N) is 1. The van der Waals surface area contributed by atoms with Gasteiger partial charge in [-0.05, 0) is 93.5 Å². The van der Waals surface area contributed by atoms with E-state index < -0.39 is 0 Å². The molecule has 1 aromatic carbocycles. The van der Waals surface area contributed by atoms with Crippen molar-refractivity contribution in [3.63, 3.8) is 0 Å². The molecule has 1 heterocycles. The number of hydrogen-bond acceptors (Lipinski definition) is 2. The lowest BCUT2D eigenvalue weighted by Gasteiger charge is -2.32. The van der Waals surface area contributed by atoms with Crippen LogP contribution in [-0.4, -0.2) is 36.5 Å². The van der Waals surface area contributed by atoms with Gasteiger partial charge in [-0.3, -0.25) is 9.69 Å². The van der Waals surface area contributed by atoms with Crippen molar-refractivity contribution in [2.24, 2.45) is 17.8 Å². The molecule has 0 aromatic heterocycles. The van der Waals surface area contributed by atoms with Gasteiger partial charge in [0.15, 0.2) is 0 Å². The molecule has 0 spiro atoms. The molecule has 2 saturated carbocycles. The summed E-state index contributed by atoms with van der Waals surface area (Å²) in [5.74, 6) is 2.23. The number of likely N-dealkylation sites (tertiary alicyclic amines) is 1. The molecule has 0 bridgehead atoms. The quantitative estimate of drug-likeness (QED) is 0.822. The first-order valence-electron chi connectivity index (χ1n) is 9.93. The second-order valence-electron chi connectivity index (χ2n) is 8.32. The minimum absolute atomic E-state index is 0.166. The molecule has 0 radical (unpaired) electrons. The van der Waals surface area contributed by atoms with E-state index >= 15 is 0 Å². The predicted molar refractivity (Wildman–Crippen MR) is 96.6 cm³/mol. The van der Waals surface area contributed by atoms with E-state index in [-0.39, 0.29) is 11.7 Å². The molecular formula is C21H29FN2O. The van der Waals surface area contributed by atoms with Crippen molar-refractivity contribution >= 4 is 5.91 Å². The maximum absolute atomic E-state index is 13.0. The van der Waals surface area contributed by atoms with Crippen LogP contribution in [0.3, 0.4) is 0 Å². The Labute approximate surface area is 150 Å². The van der Waals surface area contributed by atoms with Crippen LogP contribution in [0.4, 0.5) is 4.39 Å². The summed E-state index contributed by atoms with van der Waals surface area (Å²) in [4.78, 5) is 14.7. The number of benzene rings is 1. The monoisotopic (exact) mass is 344 g/mol. The number of nitrogens with zero attached hydrogens (tertiary/aromatic N) is 1. The van der Waals surface area contributed by atoms with Gasteiger partial charge >= 0.3 is 0 Å². The Bertz CT molecular complexity index is 574. The summed E-state index contributed by atoms with van der Waals surface area (Å²) in [5, 5.41) is 3.33. The number of carbonyl (C=O) groups is 1. The van der Waals surface area contributed by atoms with Crippen LogP contribution < -0.4 is 5.32 Å². The van der Waals surface area contributed by atoms with Gasteiger partial charge in [0.2, 0.25) is 5.91 Å². The molecule has 4 rings (SSSR count). The fourth-order valence-corrected chi connectivity index (χ4v) is 4.27. The van der Waals surface area contributed by atoms with Crippen molar-refractivity contribution in [1.29, 1.82) is 0 Å². The van der Waals surface area contributed by atoms with Crippen LogP contribution in [0.5, 0.6) is 0 Å². The van der Waals surface area contributed by atoms with Crippen LogP contribution in [0.1, 0.15) is 44.1 Å². The summed E-state index contributed by atoms with van der Waals surface area (Å²) in [6.45, 7) is 2.55. The van der Waals surface area contributed by atoms with Gasteiger partial charge in [0.05, 0.1) is 6.54 Å². The molecule has 3 aliphatic rings. The van der Waals surface area contributed by atoms with Gasteiger partial charge in [0.1, 0.15) is 5.82 Å². The molecule has 1 saturated heterocycles. The molecule has 4 heteroatoms. The molecule has 136 valence electrons. The van der Waals surface area contributed by atoms with E-state index in [4.69, 9.17) is 0 Å². The van der Waals surface area contributed by atoms with Crippen LogP contribution >= 0.6 is 0 Å². The molecule has 0 atom stereocenters. The van der Waals surface area contributed by atoms with E-state index in [9.17, 15) is 9.18 Å². The highest BCUT2D eigenvalue weighted by Crippen LogP contribution is 2.44. The smallest absolute Gasteiger partial charge is 0.234 e. The van der Waals surface area contributed by atoms with E-state index in [1.165, 1.54) is 31.2 Å². The van der Waals surface area contributed by atoms with Crippen LogP contribution in [0, 0.1) is 23.6 Å². The first kappa shape index (κ1) is 17.0. The zero-order valence-corrected chi connectivity index (χ0v) is 14.9. The lowest BCUT2D eigenvalue weighted by molar-refractivity contribution is -0.123. The van der Waals surface area contributed by atoms with Crippen LogP contribution in [0.2, 0.25) is 0 Å². The second-order valence-corrected chi connectivity index (χ2v) is 8.32. The highest BCUT2D eigenvalue weighted by atomic mass is 19.1. The molecular weight excluding hydrogens is 315 g/mol. The van der Waals surface area contributed by atoms with Gasteiger partial charge in [-0.1, -0.05) is 12.1 Å². The summed E-state index contributed by atoms with van der Waals surface area (Å²) < 4.78 is 13.0. The highest BCUT2D eigenvalue weighted by molar-refractivity contribution is 5.78. The minimum atomic E-state index is -0.166. The first-order valence-corrected chi connectivity index (χ1v) is 9.93. The number of halogens is 1. The number of rotatable bonds is 7. The Morgan fingerprint density at radius 2 is 1.64 bits per heavy atom. The summed E-state index contributed by atoms with van der Waals surface area (Å²) in [6.07, 6.45) is 8.48. The average Bonchev–Trinajstić information content (AvgIpc) is 3.49. The number of piperidine rings is 1. The molecule has 2 aliphatic carbocycles. The Hall–Kier alpha value is -1.42. The van der Waals surface area contributed by atoms with Crippen molar-refractivity contribution < 1.29 is 9.18 Å². The Kier molecular flexibility index (Phi) is 5.07. The number of hydrogen-bond donors (Lipinski definition) is 1. The van der Waals surface area contributed by atoms with E-state index in [0.717, 1.165) is 44.2 Å². The summed E-state index contributed by atoms with van der Waals surface area (Å²) in [6, 6.07) is 7.34. The zero-order valence-electron chi connectivity index (χ0n) is 14.9. The maximum Gasteiger partial charge on any atom is 0.234 e. The molecule has 25 heavy (non-hydrogen) atoms. The lowest BCUT2D eigenvalue weighted by Crippen LogP contribution is -2.46. The standard InChI is InChI=1S/C21H29FN2O/c22-19-7-1-15(2-8-19)13-16-9-11-24(12-10-16)14-20(25)23-21(17-3-4-17)18-5-6-18/h1-2,7-8,16-18,21H,3-6,9-14H2,(H,23,25). The topological polar surface area (TPSA) is 32.3 Å². The third-order valence-corrected chi connectivity index (χ3v) is 6.10. The van der Waals surface area contributed by atoms with Gasteiger partial charge < -0.3 is 5.32 Å². The average molecular weight is 344 g/mol. The van der Waals surface area contributed by atoms with Crippen molar-refractivity contribution in [1.82, 2.24) is 10.2 Å². The van der Waals surface area contributed by atoms with E-state index in [1.54, 1.807) is 12.1 Å². The molecule has 0 unspecified atom stereocenters. The fraction of sp³-hybridized carbons (Fsp3) is 0.667. The Morgan fingerprint density at radius 1 is 1.04 bits per heavy atom. The second kappa shape index (κ2) is 7.45.